The van der Waals surface area contributed by atoms with Gasteiger partial charge in [0.15, 0.2) is 5.78 Å². The highest BCUT2D eigenvalue weighted by molar-refractivity contribution is 6.00. The Balaban J connectivity index is 1.85. The van der Waals surface area contributed by atoms with E-state index in [-0.39, 0.29) is 23.3 Å². The summed E-state index contributed by atoms with van der Waals surface area (Å²) < 4.78 is 2.24. The van der Waals surface area contributed by atoms with Crippen molar-refractivity contribution in [1.29, 1.82) is 0 Å². The van der Waals surface area contributed by atoms with E-state index in [4.69, 9.17) is 11.6 Å². The summed E-state index contributed by atoms with van der Waals surface area (Å²) in [5, 5.41) is 0. The number of nitrogens with zero attached hydrogens (tertiary/aromatic N) is 3. The molecule has 0 unspecified atom stereocenters. The Morgan fingerprint density at radius 1 is 1.10 bits per heavy atom. The van der Waals surface area contributed by atoms with Crippen molar-refractivity contribution in [3.63, 3.8) is 0 Å². The minimum atomic E-state index is -0.563. The predicted octanol–water partition coefficient (Wildman–Crippen LogP) is 5.05. The highest BCUT2D eigenvalue weighted by Gasteiger charge is 2.53. The Bertz CT molecular complexity index is 1200. The van der Waals surface area contributed by atoms with Gasteiger partial charge in [-0.25, -0.2) is 9.83 Å². The van der Waals surface area contributed by atoms with Gasteiger partial charge in [-0.3, -0.25) is 0 Å². The number of rotatable bonds is 2. The molecule has 0 radical (unpaired) electrons. The number of allylic oxidation sites excluding steroid dienone is 2. The van der Waals surface area contributed by atoms with E-state index in [0.717, 1.165) is 35.6 Å². The van der Waals surface area contributed by atoms with Gasteiger partial charge in [0.05, 0.1) is 17.7 Å². The molecule has 148 valence electrons. The second-order valence-corrected chi connectivity index (χ2v) is 8.30. The smallest absolute Gasteiger partial charge is 0.226 e. The number of carbonyl (C=O) groups is 1. The standard InChI is InChI=1S/C26H23N3O/c1-17-21-14-15-23-25(28-18(2)29(23)20-12-8-5-9-13-20)26(21,16-22(27-3)24(17)30)19-10-6-4-7-11-19/h4-13,16-17,21H,14-15H2,1-2H3/t17-,21-,26+/m0/s1. The molecule has 30 heavy (non-hydrogen) atoms. The molecule has 3 atom stereocenters. The highest BCUT2D eigenvalue weighted by atomic mass is 16.1. The van der Waals surface area contributed by atoms with E-state index in [1.165, 1.54) is 5.69 Å². The summed E-state index contributed by atoms with van der Waals surface area (Å²) in [6.45, 7) is 11.7. The number of hydrogen-bond acceptors (Lipinski definition) is 2. The third kappa shape index (κ3) is 2.45. The molecule has 0 saturated carbocycles. The predicted molar refractivity (Wildman–Crippen MR) is 116 cm³/mol. The molecule has 0 fully saturated rings. The first-order valence-electron chi connectivity index (χ1n) is 10.4. The van der Waals surface area contributed by atoms with Crippen molar-refractivity contribution in [2.24, 2.45) is 11.8 Å². The van der Waals surface area contributed by atoms with E-state index in [2.05, 4.69) is 33.7 Å². The summed E-state index contributed by atoms with van der Waals surface area (Å²) in [4.78, 5) is 21.6. The number of para-hydroxylation sites is 1. The second kappa shape index (κ2) is 6.81. The van der Waals surface area contributed by atoms with Gasteiger partial charge in [0, 0.05) is 17.3 Å². The molecule has 0 saturated heterocycles. The average Bonchev–Trinajstić information content (AvgIpc) is 3.13. The molecule has 4 heteroatoms. The normalized spacial score (nSPS) is 25.1. The molecule has 2 aromatic carbocycles. The maximum Gasteiger partial charge on any atom is 0.226 e. The van der Waals surface area contributed by atoms with Crippen LogP contribution in [-0.2, 0) is 16.6 Å². The molecule has 0 spiro atoms. The third-order valence-electron chi connectivity index (χ3n) is 6.83. The summed E-state index contributed by atoms with van der Waals surface area (Å²) in [5.41, 5.74) is 4.05. The van der Waals surface area contributed by atoms with Gasteiger partial charge in [0.1, 0.15) is 5.82 Å². The zero-order valence-electron chi connectivity index (χ0n) is 17.2. The Kier molecular flexibility index (Phi) is 4.22. The summed E-state index contributed by atoms with van der Waals surface area (Å²) in [5.74, 6) is 0.771. The average molecular weight is 393 g/mol. The molecule has 4 nitrogen and oxygen atoms in total. The van der Waals surface area contributed by atoms with Crippen molar-refractivity contribution in [1.82, 2.24) is 9.55 Å². The zero-order valence-corrected chi connectivity index (χ0v) is 17.2. The van der Waals surface area contributed by atoms with Gasteiger partial charge < -0.3 is 9.36 Å². The quantitative estimate of drug-likeness (QED) is 0.572. The number of aryl methyl sites for hydroxylation is 1. The van der Waals surface area contributed by atoms with Crippen LogP contribution in [0.2, 0.25) is 0 Å². The van der Waals surface area contributed by atoms with Gasteiger partial charge in [-0.05, 0) is 43.4 Å². The van der Waals surface area contributed by atoms with Crippen LogP contribution < -0.4 is 0 Å². The van der Waals surface area contributed by atoms with Gasteiger partial charge in [0.2, 0.25) is 5.70 Å². The fraction of sp³-hybridized carbons (Fsp3) is 0.269. The molecule has 1 aromatic heterocycles. The molecule has 0 bridgehead atoms. The molecule has 2 aliphatic rings. The number of aromatic nitrogens is 2. The van der Waals surface area contributed by atoms with Gasteiger partial charge in [-0.1, -0.05) is 61.5 Å². The van der Waals surface area contributed by atoms with E-state index in [1.54, 1.807) is 0 Å². The van der Waals surface area contributed by atoms with Crippen LogP contribution in [0.4, 0.5) is 0 Å². The highest BCUT2D eigenvalue weighted by Crippen LogP contribution is 2.53. The monoisotopic (exact) mass is 393 g/mol. The summed E-state index contributed by atoms with van der Waals surface area (Å²) >= 11 is 0. The molecule has 1 heterocycles. The lowest BCUT2D eigenvalue weighted by Crippen LogP contribution is -2.48. The van der Waals surface area contributed by atoms with Gasteiger partial charge in [0.25, 0.3) is 0 Å². The molecular formula is C26H23N3O. The third-order valence-corrected chi connectivity index (χ3v) is 6.83. The lowest BCUT2D eigenvalue weighted by Gasteiger charge is -2.47. The number of ketones is 1. The van der Waals surface area contributed by atoms with Crippen LogP contribution in [0.1, 0.15) is 36.1 Å². The minimum Gasteiger partial charge on any atom is -0.308 e. The van der Waals surface area contributed by atoms with Crippen molar-refractivity contribution >= 4 is 5.78 Å². The first-order valence-corrected chi connectivity index (χ1v) is 10.4. The fourth-order valence-electron chi connectivity index (χ4n) is 5.51. The summed E-state index contributed by atoms with van der Waals surface area (Å²) in [6, 6.07) is 20.6. The second-order valence-electron chi connectivity index (χ2n) is 8.30. The molecular weight excluding hydrogens is 370 g/mol. The van der Waals surface area contributed by atoms with Gasteiger partial charge >= 0.3 is 0 Å². The molecule has 3 aromatic rings. The fourth-order valence-corrected chi connectivity index (χ4v) is 5.51. The summed E-state index contributed by atoms with van der Waals surface area (Å²) in [6.07, 6.45) is 3.67. The Hall–Kier alpha value is -3.45. The maximum atomic E-state index is 12.9. The van der Waals surface area contributed by atoms with Crippen molar-refractivity contribution in [3.8, 4) is 5.69 Å². The Morgan fingerprint density at radius 3 is 2.43 bits per heavy atom. The number of hydrogen-bond donors (Lipinski definition) is 0. The maximum absolute atomic E-state index is 12.9. The first kappa shape index (κ1) is 18.6. The van der Waals surface area contributed by atoms with Crippen LogP contribution in [0.5, 0.6) is 0 Å². The van der Waals surface area contributed by atoms with Crippen LogP contribution in [-0.4, -0.2) is 15.3 Å². The van der Waals surface area contributed by atoms with Crippen molar-refractivity contribution in [3.05, 3.63) is 107 Å². The van der Waals surface area contributed by atoms with Crippen LogP contribution in [0.15, 0.2) is 72.4 Å². The number of Topliss-reactive ketones (excluding diaryl/α,β-unsaturated/α-hetero) is 1. The largest absolute Gasteiger partial charge is 0.308 e. The number of fused-ring (bicyclic) bond motifs is 3. The SMILES string of the molecule is [C-]#[N+]C1=C[C@]2(c3ccccc3)c3nc(C)n(-c4ccccc4)c3CC[C@H]2[C@H](C)C1=O. The van der Waals surface area contributed by atoms with Gasteiger partial charge in [-0.2, -0.15) is 0 Å². The molecule has 0 amide bonds. The van der Waals surface area contributed by atoms with Crippen LogP contribution in [0, 0.1) is 25.3 Å². The van der Waals surface area contributed by atoms with E-state index >= 15 is 0 Å². The molecule has 2 aliphatic carbocycles. The summed E-state index contributed by atoms with van der Waals surface area (Å²) in [7, 11) is 0. The minimum absolute atomic E-state index is 0.0378. The van der Waals surface area contributed by atoms with E-state index in [9.17, 15) is 4.79 Å². The zero-order chi connectivity index (χ0) is 20.9. The molecule has 0 aliphatic heterocycles. The van der Waals surface area contributed by atoms with E-state index in [1.807, 2.05) is 56.3 Å². The van der Waals surface area contributed by atoms with Crippen molar-refractivity contribution < 1.29 is 4.79 Å². The van der Waals surface area contributed by atoms with E-state index < -0.39 is 5.41 Å². The van der Waals surface area contributed by atoms with Gasteiger partial charge in [-0.15, -0.1) is 0 Å². The lowest BCUT2D eigenvalue weighted by atomic mass is 9.55. The number of benzene rings is 2. The van der Waals surface area contributed by atoms with Crippen LogP contribution in [0.3, 0.4) is 0 Å². The van der Waals surface area contributed by atoms with E-state index in [0.29, 0.717) is 0 Å². The van der Waals surface area contributed by atoms with Crippen LogP contribution >= 0.6 is 0 Å². The van der Waals surface area contributed by atoms with Crippen LogP contribution in [0.25, 0.3) is 10.5 Å². The molecule has 0 N–H and O–H groups in total. The topological polar surface area (TPSA) is 39.2 Å². The molecule has 5 rings (SSSR count). The van der Waals surface area contributed by atoms with Crippen molar-refractivity contribution in [2.75, 3.05) is 0 Å². The Morgan fingerprint density at radius 2 is 1.77 bits per heavy atom. The lowest BCUT2D eigenvalue weighted by molar-refractivity contribution is -0.121. The first-order chi connectivity index (χ1) is 14.6. The number of carbonyl (C=O) groups excluding carboxylic acids is 1. The Labute approximate surface area is 176 Å². The number of imidazole rings is 1. The van der Waals surface area contributed by atoms with Crippen molar-refractivity contribution in [2.45, 2.75) is 32.1 Å².